The van der Waals surface area contributed by atoms with Crippen molar-refractivity contribution in [2.45, 2.75) is 0 Å². The number of rotatable bonds is 4. The van der Waals surface area contributed by atoms with E-state index in [0.29, 0.717) is 17.5 Å². The van der Waals surface area contributed by atoms with E-state index in [2.05, 4.69) is 109 Å². The standard InChI is InChI=1S/C42H24N4OSe/c1-2-10-26(11-3-1)42-43-34-23-28-18-20-30(22-31(28)24-37(34)48-42)40-44-39(29-19-17-25-9-4-5-12-27(25)21-29)45-41(46-40)33-14-8-16-36-38(33)32-13-6-7-15-35(32)47-36/h1-24H. The first kappa shape index (κ1) is 27.2. The second kappa shape index (κ2) is 10.8. The number of furan rings is 1. The van der Waals surface area contributed by atoms with Gasteiger partial charge < -0.3 is 0 Å². The average Bonchev–Trinajstić information content (AvgIpc) is 3.75. The van der Waals surface area contributed by atoms with Crippen molar-refractivity contribution in [1.29, 1.82) is 0 Å². The molecule has 0 aliphatic carbocycles. The molecule has 0 fully saturated rings. The van der Waals surface area contributed by atoms with E-state index in [0.717, 1.165) is 64.9 Å². The third kappa shape index (κ3) is 4.54. The quantitative estimate of drug-likeness (QED) is 0.173. The van der Waals surface area contributed by atoms with Crippen molar-refractivity contribution in [3.8, 4) is 44.3 Å². The second-order valence-electron chi connectivity index (χ2n) is 11.9. The third-order valence-electron chi connectivity index (χ3n) is 8.91. The molecule has 5 nitrogen and oxygen atoms in total. The molecule has 0 atom stereocenters. The average molecular weight is 680 g/mol. The van der Waals surface area contributed by atoms with E-state index < -0.39 is 0 Å². The van der Waals surface area contributed by atoms with E-state index in [9.17, 15) is 0 Å². The van der Waals surface area contributed by atoms with Gasteiger partial charge in [-0.25, -0.2) is 0 Å². The Bertz CT molecular complexity index is 2860. The molecule has 0 amide bonds. The molecule has 0 spiro atoms. The number of aromatic nitrogens is 4. The van der Waals surface area contributed by atoms with Gasteiger partial charge in [0.15, 0.2) is 0 Å². The Morgan fingerprint density at radius 2 is 1.10 bits per heavy atom. The number of nitrogens with zero attached hydrogens (tertiary/aromatic N) is 4. The van der Waals surface area contributed by atoms with Gasteiger partial charge in [-0.1, -0.05) is 30.3 Å². The summed E-state index contributed by atoms with van der Waals surface area (Å²) in [5, 5.41) is 6.64. The zero-order chi connectivity index (χ0) is 31.6. The molecule has 0 radical (unpaired) electrons. The Hall–Kier alpha value is -5.94. The minimum atomic E-state index is 0.135. The molecular formula is C42H24N4OSe. The predicted octanol–water partition coefficient (Wildman–Crippen LogP) is 10.4. The number of fused-ring (bicyclic) bond motifs is 6. The van der Waals surface area contributed by atoms with Gasteiger partial charge in [-0.05, 0) is 6.07 Å². The van der Waals surface area contributed by atoms with Gasteiger partial charge in [0.05, 0.1) is 0 Å². The van der Waals surface area contributed by atoms with E-state index in [4.69, 9.17) is 24.4 Å². The van der Waals surface area contributed by atoms with Crippen LogP contribution in [0.3, 0.4) is 0 Å². The predicted molar refractivity (Wildman–Crippen MR) is 196 cm³/mol. The summed E-state index contributed by atoms with van der Waals surface area (Å²) in [6.45, 7) is 0. The van der Waals surface area contributed by atoms with E-state index >= 15 is 0 Å². The van der Waals surface area contributed by atoms with Gasteiger partial charge in [0.2, 0.25) is 0 Å². The molecule has 0 aliphatic rings. The summed E-state index contributed by atoms with van der Waals surface area (Å²) in [6.07, 6.45) is 0. The van der Waals surface area contributed by atoms with Crippen LogP contribution in [0.5, 0.6) is 0 Å². The normalized spacial score (nSPS) is 11.8. The molecular weight excluding hydrogens is 655 g/mol. The molecule has 7 aromatic carbocycles. The van der Waals surface area contributed by atoms with Crippen LogP contribution in [-0.4, -0.2) is 34.4 Å². The first-order valence-corrected chi connectivity index (χ1v) is 17.5. The van der Waals surface area contributed by atoms with Crippen LogP contribution < -0.4 is 0 Å². The zero-order valence-corrected chi connectivity index (χ0v) is 27.2. The van der Waals surface area contributed by atoms with E-state index in [1.165, 1.54) is 15.2 Å². The van der Waals surface area contributed by atoms with Gasteiger partial charge in [0.25, 0.3) is 0 Å². The van der Waals surface area contributed by atoms with Crippen molar-refractivity contribution in [3.63, 3.8) is 0 Å². The van der Waals surface area contributed by atoms with Crippen LogP contribution in [0.15, 0.2) is 150 Å². The van der Waals surface area contributed by atoms with Crippen molar-refractivity contribution in [1.82, 2.24) is 19.9 Å². The van der Waals surface area contributed by atoms with Crippen LogP contribution in [0, 0.1) is 0 Å². The van der Waals surface area contributed by atoms with Crippen LogP contribution in [0.2, 0.25) is 0 Å². The van der Waals surface area contributed by atoms with Crippen LogP contribution in [0.25, 0.3) is 97.6 Å². The fraction of sp³-hybridized carbons (Fsp3) is 0. The first-order chi connectivity index (χ1) is 23.7. The van der Waals surface area contributed by atoms with Crippen LogP contribution in [-0.2, 0) is 0 Å². The van der Waals surface area contributed by atoms with Crippen LogP contribution >= 0.6 is 0 Å². The maximum atomic E-state index is 6.23. The summed E-state index contributed by atoms with van der Waals surface area (Å²) in [5.41, 5.74) is 6.69. The Kier molecular flexibility index (Phi) is 6.13. The van der Waals surface area contributed by atoms with Crippen molar-refractivity contribution in [2.24, 2.45) is 0 Å². The van der Waals surface area contributed by atoms with E-state index in [1.807, 2.05) is 36.4 Å². The number of hydrogen-bond acceptors (Lipinski definition) is 5. The molecule has 10 aromatic rings. The van der Waals surface area contributed by atoms with Gasteiger partial charge in [0.1, 0.15) is 0 Å². The summed E-state index contributed by atoms with van der Waals surface area (Å²) in [5.74, 6) is 1.87. The molecule has 3 heterocycles. The van der Waals surface area contributed by atoms with Crippen molar-refractivity contribution < 1.29 is 4.42 Å². The number of benzene rings is 7. The third-order valence-corrected chi connectivity index (χ3v) is 11.2. The number of para-hydroxylation sites is 1. The molecule has 0 N–H and O–H groups in total. The van der Waals surface area contributed by atoms with Gasteiger partial charge in [-0.3, -0.25) is 0 Å². The Morgan fingerprint density at radius 1 is 0.438 bits per heavy atom. The van der Waals surface area contributed by atoms with E-state index in [1.54, 1.807) is 0 Å². The minimum absolute atomic E-state index is 0.135. The molecule has 10 rings (SSSR count). The first-order valence-electron chi connectivity index (χ1n) is 15.8. The topological polar surface area (TPSA) is 64.7 Å². The van der Waals surface area contributed by atoms with Gasteiger partial charge in [-0.15, -0.1) is 0 Å². The molecule has 0 aliphatic heterocycles. The zero-order valence-electron chi connectivity index (χ0n) is 25.5. The van der Waals surface area contributed by atoms with Crippen LogP contribution in [0.1, 0.15) is 0 Å². The number of hydrogen-bond donors (Lipinski definition) is 0. The SMILES string of the molecule is c1ccc(-c2nc3cc4ccc(-c5nc(-c6ccc7ccccc7c6)nc(-c6cccc7oc8ccccc8c67)n5)cc4cc3[se]2)cc1. The van der Waals surface area contributed by atoms with Crippen molar-refractivity contribution >= 4 is 67.8 Å². The van der Waals surface area contributed by atoms with Crippen molar-refractivity contribution in [3.05, 3.63) is 146 Å². The van der Waals surface area contributed by atoms with Gasteiger partial charge >= 0.3 is 246 Å². The van der Waals surface area contributed by atoms with Crippen LogP contribution in [0.4, 0.5) is 0 Å². The monoisotopic (exact) mass is 680 g/mol. The maximum absolute atomic E-state index is 6.23. The Balaban J connectivity index is 1.17. The van der Waals surface area contributed by atoms with E-state index in [-0.39, 0.29) is 14.5 Å². The van der Waals surface area contributed by atoms with Gasteiger partial charge in [0, 0.05) is 0 Å². The fourth-order valence-electron chi connectivity index (χ4n) is 6.56. The summed E-state index contributed by atoms with van der Waals surface area (Å²) < 4.78 is 8.69. The summed E-state index contributed by atoms with van der Waals surface area (Å²) >= 11 is 0.135. The van der Waals surface area contributed by atoms with Gasteiger partial charge in [-0.2, -0.15) is 0 Å². The summed E-state index contributed by atoms with van der Waals surface area (Å²) in [7, 11) is 0. The summed E-state index contributed by atoms with van der Waals surface area (Å²) in [4.78, 5) is 20.4. The molecule has 3 aromatic heterocycles. The fourth-order valence-corrected chi connectivity index (χ4v) is 8.66. The van der Waals surface area contributed by atoms with Crippen molar-refractivity contribution in [2.75, 3.05) is 0 Å². The molecule has 224 valence electrons. The molecule has 48 heavy (non-hydrogen) atoms. The Labute approximate surface area is 280 Å². The molecule has 0 saturated heterocycles. The summed E-state index contributed by atoms with van der Waals surface area (Å²) in [6, 6.07) is 50.4. The molecule has 0 saturated carbocycles. The second-order valence-corrected chi connectivity index (χ2v) is 14.1. The molecule has 6 heteroatoms. The molecule has 0 unspecified atom stereocenters. The Morgan fingerprint density at radius 3 is 1.96 bits per heavy atom. The molecule has 0 bridgehead atoms.